The predicted octanol–water partition coefficient (Wildman–Crippen LogP) is 4.65. The van der Waals surface area contributed by atoms with Gasteiger partial charge < -0.3 is 10.6 Å². The molecule has 0 saturated carbocycles. The second-order valence-corrected chi connectivity index (χ2v) is 8.39. The summed E-state index contributed by atoms with van der Waals surface area (Å²) in [6, 6.07) is 8.41. The Morgan fingerprint density at radius 3 is 2.32 bits per heavy atom. The molecular weight excluding hydrogens is 346 g/mol. The van der Waals surface area contributed by atoms with Crippen molar-refractivity contribution in [3.63, 3.8) is 0 Å². The van der Waals surface area contributed by atoms with E-state index >= 15 is 0 Å². The van der Waals surface area contributed by atoms with Crippen molar-refractivity contribution in [1.82, 2.24) is 9.88 Å². The van der Waals surface area contributed by atoms with Gasteiger partial charge in [0.05, 0.1) is 11.3 Å². The summed E-state index contributed by atoms with van der Waals surface area (Å²) in [4.78, 5) is 20.4. The van der Waals surface area contributed by atoms with Crippen molar-refractivity contribution in [3.05, 3.63) is 52.3 Å². The third-order valence-corrected chi connectivity index (χ3v) is 5.57. The molecule has 28 heavy (non-hydrogen) atoms. The van der Waals surface area contributed by atoms with Crippen molar-refractivity contribution < 1.29 is 4.79 Å². The lowest BCUT2D eigenvalue weighted by Crippen LogP contribution is -2.36. The van der Waals surface area contributed by atoms with Crippen LogP contribution in [-0.2, 0) is 13.0 Å². The lowest BCUT2D eigenvalue weighted by Gasteiger charge is -2.29. The summed E-state index contributed by atoms with van der Waals surface area (Å²) in [5.74, 6) is 0.581. The van der Waals surface area contributed by atoms with Gasteiger partial charge in [-0.2, -0.15) is 0 Å². The van der Waals surface area contributed by atoms with Crippen molar-refractivity contribution in [2.24, 2.45) is 11.7 Å². The minimum atomic E-state index is 0.103. The molecule has 3 rings (SSSR count). The van der Waals surface area contributed by atoms with Crippen LogP contribution in [0.5, 0.6) is 0 Å². The third-order valence-electron chi connectivity index (χ3n) is 5.57. The minimum Gasteiger partial charge on any atom is -0.339 e. The van der Waals surface area contributed by atoms with Crippen molar-refractivity contribution in [2.75, 3.05) is 13.1 Å². The first-order valence-corrected chi connectivity index (χ1v) is 10.5. The molecule has 2 aromatic rings. The van der Waals surface area contributed by atoms with Crippen LogP contribution in [-0.4, -0.2) is 28.9 Å². The first-order chi connectivity index (χ1) is 13.4. The van der Waals surface area contributed by atoms with Gasteiger partial charge in [-0.15, -0.1) is 0 Å². The number of carbonyl (C=O) groups is 1. The molecule has 2 heterocycles. The van der Waals surface area contributed by atoms with Crippen LogP contribution in [0.1, 0.15) is 66.0 Å². The van der Waals surface area contributed by atoms with Crippen molar-refractivity contribution in [2.45, 2.75) is 59.9 Å². The number of likely N-dealkylation sites (tertiary alicyclic amines) is 1. The first-order valence-electron chi connectivity index (χ1n) is 10.5. The van der Waals surface area contributed by atoms with Crippen LogP contribution in [0.4, 0.5) is 0 Å². The molecule has 0 spiro atoms. The zero-order valence-electron chi connectivity index (χ0n) is 17.7. The number of rotatable bonds is 5. The number of benzene rings is 1. The quantitative estimate of drug-likeness (QED) is 0.823. The summed E-state index contributed by atoms with van der Waals surface area (Å²) in [5, 5.41) is 0. The number of carbonyl (C=O) groups excluding carboxylic acids is 1. The molecule has 0 unspecified atom stereocenters. The molecule has 1 aromatic heterocycles. The summed E-state index contributed by atoms with van der Waals surface area (Å²) in [6.45, 7) is 10.5. The van der Waals surface area contributed by atoms with Gasteiger partial charge in [0.15, 0.2) is 0 Å². The van der Waals surface area contributed by atoms with Gasteiger partial charge in [-0.1, -0.05) is 43.7 Å². The minimum absolute atomic E-state index is 0.103. The zero-order chi connectivity index (χ0) is 20.3. The van der Waals surface area contributed by atoms with Gasteiger partial charge in [-0.25, -0.2) is 0 Å². The zero-order valence-corrected chi connectivity index (χ0v) is 17.7. The Morgan fingerprint density at radius 2 is 1.75 bits per heavy atom. The fourth-order valence-electron chi connectivity index (χ4n) is 4.13. The van der Waals surface area contributed by atoms with E-state index in [1.807, 2.05) is 11.8 Å². The van der Waals surface area contributed by atoms with Crippen molar-refractivity contribution >= 4 is 5.91 Å². The molecule has 1 aliphatic heterocycles. The summed E-state index contributed by atoms with van der Waals surface area (Å²) >= 11 is 0. The molecule has 4 nitrogen and oxygen atoms in total. The van der Waals surface area contributed by atoms with Crippen LogP contribution in [0.25, 0.3) is 11.1 Å². The monoisotopic (exact) mass is 379 g/mol. The lowest BCUT2D eigenvalue weighted by atomic mass is 9.89. The molecule has 1 fully saturated rings. The van der Waals surface area contributed by atoms with E-state index < -0.39 is 0 Å². The lowest BCUT2D eigenvalue weighted by molar-refractivity contribution is 0.0723. The van der Waals surface area contributed by atoms with Gasteiger partial charge in [0.25, 0.3) is 5.91 Å². The molecule has 0 atom stereocenters. The number of hydrogen-bond acceptors (Lipinski definition) is 3. The number of aromatic nitrogens is 1. The van der Waals surface area contributed by atoms with E-state index in [2.05, 4.69) is 45.0 Å². The number of aryl methyl sites for hydroxylation is 2. The van der Waals surface area contributed by atoms with Crippen LogP contribution in [0.2, 0.25) is 0 Å². The van der Waals surface area contributed by atoms with E-state index in [-0.39, 0.29) is 5.91 Å². The Labute approximate surface area is 169 Å². The van der Waals surface area contributed by atoms with Crippen LogP contribution < -0.4 is 5.73 Å². The number of piperidine rings is 1. The van der Waals surface area contributed by atoms with Gasteiger partial charge in [0.1, 0.15) is 0 Å². The normalized spacial score (nSPS) is 14.6. The highest BCUT2D eigenvalue weighted by molar-refractivity contribution is 6.03. The van der Waals surface area contributed by atoms with Gasteiger partial charge in [-0.3, -0.25) is 9.78 Å². The van der Waals surface area contributed by atoms with E-state index in [4.69, 9.17) is 10.7 Å². The van der Waals surface area contributed by atoms with E-state index in [1.165, 1.54) is 12.0 Å². The van der Waals surface area contributed by atoms with E-state index in [0.717, 1.165) is 66.0 Å². The molecule has 1 aromatic carbocycles. The van der Waals surface area contributed by atoms with E-state index in [9.17, 15) is 4.79 Å². The molecule has 1 saturated heterocycles. The van der Waals surface area contributed by atoms with Crippen LogP contribution in [0.3, 0.4) is 0 Å². The SMILES string of the molecule is Cc1ccc(-c2c(CN)c(CC(C)C)nc(C)c2C(=O)N2CCCCC2)cc1. The highest BCUT2D eigenvalue weighted by Crippen LogP contribution is 2.33. The third kappa shape index (κ3) is 4.27. The van der Waals surface area contributed by atoms with Crippen LogP contribution >= 0.6 is 0 Å². The van der Waals surface area contributed by atoms with Crippen LogP contribution in [0, 0.1) is 19.8 Å². The summed E-state index contributed by atoms with van der Waals surface area (Å²) in [5.41, 5.74) is 13.1. The average molecular weight is 380 g/mol. The second kappa shape index (κ2) is 8.87. The second-order valence-electron chi connectivity index (χ2n) is 8.39. The Morgan fingerprint density at radius 1 is 1.11 bits per heavy atom. The van der Waals surface area contributed by atoms with E-state index in [0.29, 0.717) is 12.5 Å². The molecule has 1 amide bonds. The molecule has 0 radical (unpaired) electrons. The van der Waals surface area contributed by atoms with Crippen LogP contribution in [0.15, 0.2) is 24.3 Å². The van der Waals surface area contributed by atoms with Gasteiger partial charge >= 0.3 is 0 Å². The largest absolute Gasteiger partial charge is 0.339 e. The van der Waals surface area contributed by atoms with Crippen molar-refractivity contribution in [3.8, 4) is 11.1 Å². The fourth-order valence-corrected chi connectivity index (χ4v) is 4.13. The first kappa shape index (κ1) is 20.5. The Bertz CT molecular complexity index is 834. The molecular formula is C24H33N3O. The smallest absolute Gasteiger partial charge is 0.256 e. The maximum absolute atomic E-state index is 13.5. The highest BCUT2D eigenvalue weighted by Gasteiger charge is 2.27. The number of hydrogen-bond donors (Lipinski definition) is 1. The molecule has 2 N–H and O–H groups in total. The van der Waals surface area contributed by atoms with E-state index in [1.54, 1.807) is 0 Å². The maximum atomic E-state index is 13.5. The fraction of sp³-hybridized carbons (Fsp3) is 0.500. The number of amides is 1. The molecule has 150 valence electrons. The number of pyridine rings is 1. The molecule has 0 bridgehead atoms. The summed E-state index contributed by atoms with van der Waals surface area (Å²) < 4.78 is 0. The molecule has 0 aliphatic carbocycles. The van der Waals surface area contributed by atoms with Gasteiger partial charge in [0.2, 0.25) is 0 Å². The predicted molar refractivity (Wildman–Crippen MR) is 115 cm³/mol. The topological polar surface area (TPSA) is 59.2 Å². The Kier molecular flexibility index (Phi) is 6.50. The molecule has 4 heteroatoms. The Hall–Kier alpha value is -2.20. The number of nitrogens with two attached hydrogens (primary N) is 1. The average Bonchev–Trinajstić information content (AvgIpc) is 2.68. The highest BCUT2D eigenvalue weighted by atomic mass is 16.2. The van der Waals surface area contributed by atoms with Gasteiger partial charge in [-0.05, 0) is 56.6 Å². The van der Waals surface area contributed by atoms with Gasteiger partial charge in [0, 0.05) is 30.9 Å². The number of nitrogens with zero attached hydrogens (tertiary/aromatic N) is 2. The maximum Gasteiger partial charge on any atom is 0.256 e. The summed E-state index contributed by atoms with van der Waals surface area (Å²) in [7, 11) is 0. The standard InChI is InChI=1S/C24H33N3O/c1-16(2)14-21-20(15-25)23(19-10-8-17(3)9-11-19)22(18(4)26-21)24(28)27-12-6-5-7-13-27/h8-11,16H,5-7,12-15,25H2,1-4H3. The van der Waals surface area contributed by atoms with Crippen molar-refractivity contribution in [1.29, 1.82) is 0 Å². The molecule has 1 aliphatic rings. The Balaban J connectivity index is 2.21. The summed E-state index contributed by atoms with van der Waals surface area (Å²) in [6.07, 6.45) is 4.22.